The first kappa shape index (κ1) is 23.7. The summed E-state index contributed by atoms with van der Waals surface area (Å²) in [5.74, 6) is 3.13. The van der Waals surface area contributed by atoms with E-state index in [-0.39, 0.29) is 5.56 Å². The van der Waals surface area contributed by atoms with Crippen molar-refractivity contribution in [3.8, 4) is 28.6 Å². The van der Waals surface area contributed by atoms with Crippen LogP contribution in [-0.2, 0) is 5.75 Å². The van der Waals surface area contributed by atoms with Gasteiger partial charge in [0.25, 0.3) is 5.56 Å². The number of rotatable bonds is 8. The Kier molecular flexibility index (Phi) is 6.77. The minimum atomic E-state index is -0.153. The lowest BCUT2D eigenvalue weighted by Gasteiger charge is -2.15. The van der Waals surface area contributed by atoms with Gasteiger partial charge in [0.05, 0.1) is 36.0 Å². The maximum Gasteiger partial charge on any atom is 0.266 e. The van der Waals surface area contributed by atoms with Crippen molar-refractivity contribution in [2.24, 2.45) is 0 Å². The Labute approximate surface area is 212 Å². The van der Waals surface area contributed by atoms with Crippen molar-refractivity contribution in [3.05, 3.63) is 94.6 Å². The molecule has 2 heterocycles. The van der Waals surface area contributed by atoms with Gasteiger partial charge in [0, 0.05) is 11.3 Å². The van der Waals surface area contributed by atoms with E-state index in [2.05, 4.69) is 0 Å². The van der Waals surface area contributed by atoms with Crippen LogP contribution in [0.4, 0.5) is 0 Å². The van der Waals surface area contributed by atoms with E-state index in [4.69, 9.17) is 23.9 Å². The Hall–Kier alpha value is -4.04. The average molecular weight is 500 g/mol. The predicted molar refractivity (Wildman–Crippen MR) is 141 cm³/mol. The van der Waals surface area contributed by atoms with Gasteiger partial charge in [-0.2, -0.15) is 0 Å². The highest BCUT2D eigenvalue weighted by atomic mass is 32.2. The first-order valence-electron chi connectivity index (χ1n) is 11.6. The molecule has 0 N–H and O–H groups in total. The van der Waals surface area contributed by atoms with Crippen LogP contribution in [0.15, 0.2) is 87.2 Å². The zero-order chi connectivity index (χ0) is 25.1. The summed E-state index contributed by atoms with van der Waals surface area (Å²) in [5.41, 5.74) is 2.78. The Morgan fingerprint density at radius 2 is 1.72 bits per heavy atom. The third-order valence-corrected chi connectivity index (χ3v) is 6.66. The van der Waals surface area contributed by atoms with Crippen molar-refractivity contribution in [1.29, 1.82) is 0 Å². The lowest BCUT2D eigenvalue weighted by molar-refractivity contribution is 0.340. The van der Waals surface area contributed by atoms with Crippen molar-refractivity contribution in [2.45, 2.75) is 24.8 Å². The fourth-order valence-corrected chi connectivity index (χ4v) is 4.92. The highest BCUT2D eigenvalue weighted by molar-refractivity contribution is 7.98. The molecule has 0 radical (unpaired) electrons. The number of aryl methyl sites for hydroxylation is 1. The molecule has 0 fully saturated rings. The number of nitrogens with zero attached hydrogens (tertiary/aromatic N) is 3. The van der Waals surface area contributed by atoms with E-state index in [1.54, 1.807) is 17.7 Å². The number of ether oxygens (including phenoxy) is 2. The van der Waals surface area contributed by atoms with Crippen LogP contribution >= 0.6 is 11.8 Å². The van der Waals surface area contributed by atoms with Crippen LogP contribution < -0.4 is 15.0 Å². The summed E-state index contributed by atoms with van der Waals surface area (Å²) >= 11 is 1.43. The number of fused-ring (bicyclic) bond motifs is 1. The average Bonchev–Trinajstić information content (AvgIpc) is 3.28. The number of methoxy groups -OCH3 is 1. The van der Waals surface area contributed by atoms with E-state index >= 15 is 0 Å². The largest absolute Gasteiger partial charge is 0.495 e. The summed E-state index contributed by atoms with van der Waals surface area (Å²) in [7, 11) is 1.59. The van der Waals surface area contributed by atoms with Gasteiger partial charge < -0.3 is 13.9 Å². The maximum atomic E-state index is 13.6. The molecular weight excluding hydrogens is 474 g/mol. The van der Waals surface area contributed by atoms with Gasteiger partial charge in [-0.25, -0.2) is 9.97 Å². The normalized spacial score (nSPS) is 11.1. The van der Waals surface area contributed by atoms with E-state index in [0.717, 1.165) is 22.8 Å². The highest BCUT2D eigenvalue weighted by Gasteiger charge is 2.18. The molecular formula is C28H25N3O4S. The second-order valence-electron chi connectivity index (χ2n) is 7.99. The number of aromatic nitrogens is 3. The lowest BCUT2D eigenvalue weighted by Crippen LogP contribution is -2.22. The number of hydrogen-bond acceptors (Lipinski definition) is 7. The number of thioether (sulfide) groups is 1. The molecule has 0 aliphatic heterocycles. The number of hydrogen-bond donors (Lipinski definition) is 0. The molecule has 0 saturated carbocycles. The molecule has 0 amide bonds. The molecule has 0 spiro atoms. The molecule has 36 heavy (non-hydrogen) atoms. The molecule has 5 aromatic rings. The molecule has 3 aromatic carbocycles. The van der Waals surface area contributed by atoms with E-state index in [0.29, 0.717) is 45.7 Å². The van der Waals surface area contributed by atoms with Crippen molar-refractivity contribution in [1.82, 2.24) is 14.5 Å². The SMILES string of the molecule is CCOc1ccc(-c2nc(CSc3nc4ccccc4c(=O)n3-c3ccccc3OC)c(C)o2)cc1. The van der Waals surface area contributed by atoms with Gasteiger partial charge >= 0.3 is 0 Å². The molecule has 0 unspecified atom stereocenters. The van der Waals surface area contributed by atoms with Crippen LogP contribution in [0.5, 0.6) is 11.5 Å². The standard InChI is InChI=1S/C28H25N3O4S/c1-4-34-20-15-13-19(14-16-20)26-29-23(18(2)35-26)17-36-28-30-22-10-6-5-9-21(22)27(32)31(28)24-11-7-8-12-25(24)33-3/h5-16H,4,17H2,1-3H3. The molecule has 0 aliphatic rings. The molecule has 182 valence electrons. The fraction of sp³-hybridized carbons (Fsp3) is 0.179. The zero-order valence-corrected chi connectivity index (χ0v) is 21.0. The first-order chi connectivity index (χ1) is 17.6. The summed E-state index contributed by atoms with van der Waals surface area (Å²) in [6.07, 6.45) is 0. The number of benzene rings is 3. The fourth-order valence-electron chi connectivity index (χ4n) is 3.91. The van der Waals surface area contributed by atoms with Gasteiger partial charge in [0.15, 0.2) is 5.16 Å². The monoisotopic (exact) mass is 499 g/mol. The van der Waals surface area contributed by atoms with Gasteiger partial charge in [-0.1, -0.05) is 36.0 Å². The lowest BCUT2D eigenvalue weighted by atomic mass is 10.2. The second-order valence-corrected chi connectivity index (χ2v) is 8.93. The zero-order valence-electron chi connectivity index (χ0n) is 20.2. The maximum absolute atomic E-state index is 13.6. The summed E-state index contributed by atoms with van der Waals surface area (Å²) < 4.78 is 18.6. The summed E-state index contributed by atoms with van der Waals surface area (Å²) in [5, 5.41) is 1.09. The molecule has 2 aromatic heterocycles. The van der Waals surface area contributed by atoms with Crippen LogP contribution in [0.1, 0.15) is 18.4 Å². The van der Waals surface area contributed by atoms with Crippen molar-refractivity contribution in [2.75, 3.05) is 13.7 Å². The molecule has 8 heteroatoms. The molecule has 5 rings (SSSR count). The van der Waals surface area contributed by atoms with Crippen molar-refractivity contribution < 1.29 is 13.9 Å². The van der Waals surface area contributed by atoms with Crippen LogP contribution in [0.3, 0.4) is 0 Å². The summed E-state index contributed by atoms with van der Waals surface area (Å²) in [4.78, 5) is 23.1. The van der Waals surface area contributed by atoms with Gasteiger partial charge in [-0.15, -0.1) is 0 Å². The van der Waals surface area contributed by atoms with Gasteiger partial charge in [-0.3, -0.25) is 9.36 Å². The third kappa shape index (κ3) is 4.59. The topological polar surface area (TPSA) is 79.4 Å². The smallest absolute Gasteiger partial charge is 0.266 e. The van der Waals surface area contributed by atoms with Crippen LogP contribution in [0.25, 0.3) is 28.0 Å². The quantitative estimate of drug-likeness (QED) is 0.190. The Bertz CT molecular complexity index is 1570. The molecule has 7 nitrogen and oxygen atoms in total. The van der Waals surface area contributed by atoms with E-state index in [1.807, 2.05) is 80.6 Å². The molecule has 0 saturated heterocycles. The number of para-hydroxylation sites is 3. The second kappa shape index (κ2) is 10.3. The third-order valence-electron chi connectivity index (χ3n) is 5.71. The Morgan fingerprint density at radius 3 is 2.50 bits per heavy atom. The molecule has 0 aliphatic carbocycles. The van der Waals surface area contributed by atoms with Gasteiger partial charge in [0.2, 0.25) is 5.89 Å². The highest BCUT2D eigenvalue weighted by Crippen LogP contribution is 2.31. The minimum absolute atomic E-state index is 0.153. The Morgan fingerprint density at radius 1 is 0.972 bits per heavy atom. The summed E-state index contributed by atoms with van der Waals surface area (Å²) in [6, 6.07) is 22.4. The molecule has 0 bridgehead atoms. The molecule has 0 atom stereocenters. The minimum Gasteiger partial charge on any atom is -0.495 e. The Balaban J connectivity index is 1.50. The van der Waals surface area contributed by atoms with Crippen LogP contribution in [0.2, 0.25) is 0 Å². The van der Waals surface area contributed by atoms with Crippen LogP contribution in [-0.4, -0.2) is 28.3 Å². The van der Waals surface area contributed by atoms with Crippen molar-refractivity contribution in [3.63, 3.8) is 0 Å². The summed E-state index contributed by atoms with van der Waals surface area (Å²) in [6.45, 7) is 4.46. The first-order valence-corrected chi connectivity index (χ1v) is 12.5. The van der Waals surface area contributed by atoms with Gasteiger partial charge in [-0.05, 0) is 62.4 Å². The van der Waals surface area contributed by atoms with Crippen molar-refractivity contribution >= 4 is 22.7 Å². The van der Waals surface area contributed by atoms with E-state index in [1.165, 1.54) is 11.8 Å². The van der Waals surface area contributed by atoms with Gasteiger partial charge in [0.1, 0.15) is 17.3 Å². The predicted octanol–water partition coefficient (Wildman–Crippen LogP) is 6.05. The van der Waals surface area contributed by atoms with E-state index in [9.17, 15) is 4.79 Å². The van der Waals surface area contributed by atoms with E-state index < -0.39 is 0 Å². The van der Waals surface area contributed by atoms with Crippen LogP contribution in [0, 0.1) is 6.92 Å². The number of oxazole rings is 1.